The van der Waals surface area contributed by atoms with Crippen molar-refractivity contribution in [3.05, 3.63) is 75.0 Å². The predicted octanol–water partition coefficient (Wildman–Crippen LogP) is 4.82. The average Bonchev–Trinajstić information content (AvgIpc) is 2.68. The molecule has 0 spiro atoms. The molecule has 150 valence electrons. The first-order valence-electron chi connectivity index (χ1n) is 8.97. The van der Waals surface area contributed by atoms with Crippen molar-refractivity contribution in [1.82, 2.24) is 9.78 Å². The number of nitrogens with one attached hydrogen (secondary N) is 1. The lowest BCUT2D eigenvalue weighted by Crippen LogP contribution is -2.33. The van der Waals surface area contributed by atoms with Gasteiger partial charge in [0.1, 0.15) is 11.8 Å². The van der Waals surface area contributed by atoms with Gasteiger partial charge in [0.15, 0.2) is 0 Å². The molecular formula is C21H19Cl2N3O3. The zero-order valence-electron chi connectivity index (χ0n) is 15.9. The third-order valence-corrected chi connectivity index (χ3v) is 4.60. The number of ether oxygens (including phenoxy) is 1. The number of hydrogen-bond donors (Lipinski definition) is 1. The second kappa shape index (κ2) is 9.11. The number of aromatic nitrogens is 2. The zero-order valence-corrected chi connectivity index (χ0v) is 17.4. The Bertz CT molecular complexity index is 1060. The van der Waals surface area contributed by atoms with E-state index in [1.165, 1.54) is 6.07 Å². The van der Waals surface area contributed by atoms with Gasteiger partial charge in [0.2, 0.25) is 5.91 Å². The second-order valence-electron chi connectivity index (χ2n) is 6.28. The summed E-state index contributed by atoms with van der Waals surface area (Å²) < 4.78 is 6.58. The maximum atomic E-state index is 12.6. The minimum atomic E-state index is -0.845. The molecule has 1 amide bonds. The molecule has 8 heteroatoms. The molecule has 3 aromatic rings. The summed E-state index contributed by atoms with van der Waals surface area (Å²) >= 11 is 11.9. The lowest BCUT2D eigenvalue weighted by molar-refractivity contribution is -0.119. The van der Waals surface area contributed by atoms with Gasteiger partial charge in [-0.3, -0.25) is 9.59 Å². The van der Waals surface area contributed by atoms with E-state index < -0.39 is 11.9 Å². The molecule has 1 atom stereocenters. The van der Waals surface area contributed by atoms with Crippen LogP contribution in [0.4, 0.5) is 5.69 Å². The first-order valence-corrected chi connectivity index (χ1v) is 9.73. The van der Waals surface area contributed by atoms with Crippen molar-refractivity contribution in [2.45, 2.75) is 19.9 Å². The summed E-state index contributed by atoms with van der Waals surface area (Å²) in [6, 6.07) is 14.2. The molecule has 0 saturated heterocycles. The van der Waals surface area contributed by atoms with E-state index in [1.54, 1.807) is 31.2 Å². The monoisotopic (exact) mass is 431 g/mol. The average molecular weight is 432 g/mol. The highest BCUT2D eigenvalue weighted by Crippen LogP contribution is 2.24. The van der Waals surface area contributed by atoms with Gasteiger partial charge in [-0.05, 0) is 62.4 Å². The van der Waals surface area contributed by atoms with Crippen LogP contribution >= 0.6 is 23.2 Å². The van der Waals surface area contributed by atoms with Gasteiger partial charge < -0.3 is 10.1 Å². The fourth-order valence-corrected chi connectivity index (χ4v) is 3.26. The Hall–Kier alpha value is -2.83. The number of nitrogens with zero attached hydrogens (tertiary/aromatic N) is 2. The lowest BCUT2D eigenvalue weighted by atomic mass is 10.1. The van der Waals surface area contributed by atoms with Crippen molar-refractivity contribution in [3.63, 3.8) is 0 Å². The van der Waals surface area contributed by atoms with Crippen molar-refractivity contribution in [3.8, 4) is 17.0 Å². The van der Waals surface area contributed by atoms with E-state index in [9.17, 15) is 9.59 Å². The Morgan fingerprint density at radius 3 is 2.38 bits per heavy atom. The summed E-state index contributed by atoms with van der Waals surface area (Å²) in [4.78, 5) is 24.9. The molecular weight excluding hydrogens is 413 g/mol. The molecule has 29 heavy (non-hydrogen) atoms. The molecule has 0 aliphatic carbocycles. The van der Waals surface area contributed by atoms with Crippen molar-refractivity contribution in [2.24, 2.45) is 0 Å². The molecule has 0 aliphatic heterocycles. The van der Waals surface area contributed by atoms with Crippen LogP contribution in [0, 0.1) is 0 Å². The fourth-order valence-electron chi connectivity index (χ4n) is 2.73. The van der Waals surface area contributed by atoms with Crippen LogP contribution < -0.4 is 15.6 Å². The van der Waals surface area contributed by atoms with Crippen molar-refractivity contribution >= 4 is 34.8 Å². The van der Waals surface area contributed by atoms with Gasteiger partial charge in [0, 0.05) is 27.4 Å². The van der Waals surface area contributed by atoms with Crippen LogP contribution in [0.25, 0.3) is 11.3 Å². The number of rotatable bonds is 6. The molecule has 3 rings (SSSR count). The van der Waals surface area contributed by atoms with Crippen LogP contribution in [0.5, 0.6) is 5.75 Å². The third-order valence-electron chi connectivity index (χ3n) is 4.16. The zero-order chi connectivity index (χ0) is 21.0. The molecule has 1 heterocycles. The normalized spacial score (nSPS) is 11.7. The highest BCUT2D eigenvalue weighted by molar-refractivity contribution is 6.35. The van der Waals surface area contributed by atoms with Crippen LogP contribution in [0.15, 0.2) is 59.4 Å². The van der Waals surface area contributed by atoms with E-state index in [2.05, 4.69) is 10.4 Å². The van der Waals surface area contributed by atoms with E-state index in [-0.39, 0.29) is 5.56 Å². The molecule has 0 saturated carbocycles. The van der Waals surface area contributed by atoms with Gasteiger partial charge in [-0.15, -0.1) is 0 Å². The second-order valence-corrected chi connectivity index (χ2v) is 7.15. The Morgan fingerprint density at radius 1 is 1.10 bits per heavy atom. The van der Waals surface area contributed by atoms with E-state index in [0.717, 1.165) is 16.0 Å². The van der Waals surface area contributed by atoms with Crippen LogP contribution in [0.2, 0.25) is 10.0 Å². The summed E-state index contributed by atoms with van der Waals surface area (Å²) in [5.74, 6) is 0.333. The Balaban J connectivity index is 1.84. The predicted molar refractivity (Wildman–Crippen MR) is 115 cm³/mol. The Kier molecular flexibility index (Phi) is 6.56. The molecule has 1 N–H and O–H groups in total. The SMILES string of the molecule is CCOc1ccc(-c2ccc(=O)n(C(C)C(=O)Nc3cc(Cl)cc(Cl)c3)n2)cc1. The first-order chi connectivity index (χ1) is 13.9. The lowest BCUT2D eigenvalue weighted by Gasteiger charge is -2.15. The third kappa shape index (κ3) is 5.16. The van der Waals surface area contributed by atoms with Gasteiger partial charge in [0.05, 0.1) is 12.3 Å². The number of anilines is 1. The fraction of sp³-hybridized carbons (Fsp3) is 0.190. The summed E-state index contributed by atoms with van der Waals surface area (Å²) in [5, 5.41) is 7.87. The molecule has 0 aliphatic rings. The number of benzene rings is 2. The number of hydrogen-bond acceptors (Lipinski definition) is 4. The van der Waals surface area contributed by atoms with Gasteiger partial charge in [-0.25, -0.2) is 4.68 Å². The van der Waals surface area contributed by atoms with Gasteiger partial charge in [-0.1, -0.05) is 23.2 Å². The number of amides is 1. The van der Waals surface area contributed by atoms with Crippen molar-refractivity contribution in [1.29, 1.82) is 0 Å². The first kappa shape index (κ1) is 20.9. The Labute approximate surface area is 178 Å². The van der Waals surface area contributed by atoms with Gasteiger partial charge in [-0.2, -0.15) is 5.10 Å². The highest BCUT2D eigenvalue weighted by Gasteiger charge is 2.18. The maximum absolute atomic E-state index is 12.6. The highest BCUT2D eigenvalue weighted by atomic mass is 35.5. The summed E-state index contributed by atoms with van der Waals surface area (Å²) in [7, 11) is 0. The number of carbonyl (C=O) groups is 1. The van der Waals surface area contributed by atoms with Crippen LogP contribution in [0.1, 0.15) is 19.9 Å². The Morgan fingerprint density at radius 2 is 1.76 bits per heavy atom. The molecule has 1 unspecified atom stereocenters. The van der Waals surface area contributed by atoms with Crippen molar-refractivity contribution < 1.29 is 9.53 Å². The molecule has 6 nitrogen and oxygen atoms in total. The van der Waals surface area contributed by atoms with E-state index in [1.807, 2.05) is 31.2 Å². The largest absolute Gasteiger partial charge is 0.494 e. The van der Waals surface area contributed by atoms with E-state index >= 15 is 0 Å². The van der Waals surface area contributed by atoms with Crippen molar-refractivity contribution in [2.75, 3.05) is 11.9 Å². The summed E-state index contributed by atoms with van der Waals surface area (Å²) in [6.07, 6.45) is 0. The minimum absolute atomic E-state index is 0.383. The molecule has 1 aromatic heterocycles. The van der Waals surface area contributed by atoms with Gasteiger partial charge >= 0.3 is 0 Å². The molecule has 0 fully saturated rings. The quantitative estimate of drug-likeness (QED) is 0.607. The van der Waals surface area contributed by atoms with Crippen LogP contribution in [-0.4, -0.2) is 22.3 Å². The van der Waals surface area contributed by atoms with Crippen LogP contribution in [-0.2, 0) is 4.79 Å². The smallest absolute Gasteiger partial charge is 0.267 e. The van der Waals surface area contributed by atoms with E-state index in [0.29, 0.717) is 28.0 Å². The van der Waals surface area contributed by atoms with Gasteiger partial charge in [0.25, 0.3) is 5.56 Å². The maximum Gasteiger partial charge on any atom is 0.267 e. The number of halogens is 2. The topological polar surface area (TPSA) is 73.2 Å². The standard InChI is InChI=1S/C21H19Cl2N3O3/c1-3-29-18-6-4-14(5-7-18)19-8-9-20(27)26(25-19)13(2)21(28)24-17-11-15(22)10-16(23)12-17/h4-13H,3H2,1-2H3,(H,24,28). The number of carbonyl (C=O) groups excluding carboxylic acids is 1. The molecule has 2 aromatic carbocycles. The van der Waals surface area contributed by atoms with Crippen LogP contribution in [0.3, 0.4) is 0 Å². The molecule has 0 radical (unpaired) electrons. The summed E-state index contributed by atoms with van der Waals surface area (Å²) in [5.41, 5.74) is 1.43. The van der Waals surface area contributed by atoms with E-state index in [4.69, 9.17) is 27.9 Å². The minimum Gasteiger partial charge on any atom is -0.494 e. The summed E-state index contributed by atoms with van der Waals surface area (Å²) in [6.45, 7) is 4.08. The molecule has 0 bridgehead atoms.